The molecular weight excluding hydrogens is 414 g/mol. The van der Waals surface area contributed by atoms with Crippen molar-refractivity contribution in [2.45, 2.75) is 19.8 Å². The Labute approximate surface area is 185 Å². The first-order valence-corrected chi connectivity index (χ1v) is 10.5. The highest BCUT2D eigenvalue weighted by atomic mass is 16.6. The van der Waals surface area contributed by atoms with Crippen LogP contribution in [0, 0.1) is 0 Å². The Morgan fingerprint density at radius 1 is 1.12 bits per heavy atom. The fourth-order valence-corrected chi connectivity index (χ4v) is 3.25. The first kappa shape index (κ1) is 23.0. The molecule has 0 spiro atoms. The second-order valence-corrected chi connectivity index (χ2v) is 7.14. The van der Waals surface area contributed by atoms with E-state index in [9.17, 15) is 14.4 Å². The molecule has 0 unspecified atom stereocenters. The van der Waals surface area contributed by atoms with Crippen molar-refractivity contribution in [2.75, 3.05) is 39.4 Å². The normalized spacial score (nSPS) is 13.5. The minimum absolute atomic E-state index is 0.0890. The van der Waals surface area contributed by atoms with Crippen LogP contribution in [-0.4, -0.2) is 76.4 Å². The first-order chi connectivity index (χ1) is 15.5. The van der Waals surface area contributed by atoms with Crippen molar-refractivity contribution in [2.24, 2.45) is 0 Å². The molecule has 10 nitrogen and oxygen atoms in total. The third-order valence-corrected chi connectivity index (χ3v) is 4.99. The molecule has 0 bridgehead atoms. The average Bonchev–Trinajstić information content (AvgIpc) is 2.82. The van der Waals surface area contributed by atoms with Gasteiger partial charge in [0, 0.05) is 44.6 Å². The van der Waals surface area contributed by atoms with E-state index in [2.05, 4.69) is 21.8 Å². The Balaban J connectivity index is 1.53. The molecule has 2 aromatic rings. The third-order valence-electron chi connectivity index (χ3n) is 4.99. The lowest BCUT2D eigenvalue weighted by molar-refractivity contribution is -0.132. The van der Waals surface area contributed by atoms with E-state index in [-0.39, 0.29) is 36.1 Å². The third kappa shape index (κ3) is 5.93. The summed E-state index contributed by atoms with van der Waals surface area (Å²) in [4.78, 5) is 42.6. The molecule has 170 valence electrons. The maximum atomic E-state index is 12.5. The summed E-state index contributed by atoms with van der Waals surface area (Å²) < 4.78 is 10.4. The molecule has 2 amide bonds. The number of hydrogen-bond acceptors (Lipinski definition) is 7. The van der Waals surface area contributed by atoms with E-state index in [4.69, 9.17) is 9.47 Å². The zero-order valence-corrected chi connectivity index (χ0v) is 18.1. The van der Waals surface area contributed by atoms with Gasteiger partial charge in [0.1, 0.15) is 18.1 Å². The Kier molecular flexibility index (Phi) is 7.96. The summed E-state index contributed by atoms with van der Waals surface area (Å²) in [5.41, 5.74) is 0.530. The lowest BCUT2D eigenvalue weighted by atomic mass is 10.2. The maximum Gasteiger partial charge on any atom is 0.409 e. The standard InChI is InChI=1S/C22H27N5O5/c1-3-15-32-17-7-5-16(6-8-17)20-23-21(29)18(24-25-20)9-10-19(28)26-11-13-27(14-12-26)22(30)31-4-2/h3,5-8H,1,4,9-15H2,2H3,(H,23,25,29). The molecule has 1 N–H and O–H groups in total. The van der Waals surface area contributed by atoms with Gasteiger partial charge in [0.05, 0.1) is 6.61 Å². The minimum Gasteiger partial charge on any atom is -0.490 e. The molecule has 0 atom stereocenters. The zero-order chi connectivity index (χ0) is 22.9. The van der Waals surface area contributed by atoms with Gasteiger partial charge in [-0.15, -0.1) is 10.2 Å². The largest absolute Gasteiger partial charge is 0.490 e. The van der Waals surface area contributed by atoms with Crippen LogP contribution in [0.4, 0.5) is 4.79 Å². The fourth-order valence-electron chi connectivity index (χ4n) is 3.25. The van der Waals surface area contributed by atoms with E-state index in [0.717, 1.165) is 0 Å². The van der Waals surface area contributed by atoms with Crippen LogP contribution in [0.3, 0.4) is 0 Å². The van der Waals surface area contributed by atoms with Crippen LogP contribution in [0.1, 0.15) is 19.0 Å². The SMILES string of the molecule is C=CCOc1ccc(-c2nnc(CCC(=O)N3CCN(C(=O)OCC)CC3)c(=O)[nH]2)cc1. The Morgan fingerprint density at radius 2 is 1.81 bits per heavy atom. The number of ether oxygens (including phenoxy) is 2. The predicted octanol–water partition coefficient (Wildman–Crippen LogP) is 1.63. The predicted molar refractivity (Wildman–Crippen MR) is 117 cm³/mol. The van der Waals surface area contributed by atoms with Gasteiger partial charge in [-0.25, -0.2) is 4.79 Å². The molecule has 1 aliphatic rings. The number of H-pyrrole nitrogens is 1. The van der Waals surface area contributed by atoms with E-state index in [0.29, 0.717) is 56.5 Å². The quantitative estimate of drug-likeness (QED) is 0.619. The van der Waals surface area contributed by atoms with Crippen molar-refractivity contribution in [3.8, 4) is 17.1 Å². The number of amides is 2. The summed E-state index contributed by atoms with van der Waals surface area (Å²) in [6.45, 7) is 7.81. The van der Waals surface area contributed by atoms with Crippen LogP contribution in [0.15, 0.2) is 41.7 Å². The van der Waals surface area contributed by atoms with Crippen molar-refractivity contribution in [3.05, 3.63) is 53.0 Å². The lowest BCUT2D eigenvalue weighted by Gasteiger charge is -2.34. The molecule has 10 heteroatoms. The fraction of sp³-hybridized carbons (Fsp3) is 0.409. The molecule has 2 heterocycles. The molecule has 3 rings (SSSR count). The Morgan fingerprint density at radius 3 is 2.44 bits per heavy atom. The summed E-state index contributed by atoms with van der Waals surface area (Å²) in [7, 11) is 0. The monoisotopic (exact) mass is 441 g/mol. The van der Waals surface area contributed by atoms with Crippen LogP contribution in [0.5, 0.6) is 5.75 Å². The van der Waals surface area contributed by atoms with Gasteiger partial charge in [-0.05, 0) is 31.2 Å². The van der Waals surface area contributed by atoms with Crippen LogP contribution in [0.25, 0.3) is 11.4 Å². The van der Waals surface area contributed by atoms with Crippen molar-refractivity contribution in [1.82, 2.24) is 25.0 Å². The maximum absolute atomic E-state index is 12.5. The summed E-state index contributed by atoms with van der Waals surface area (Å²) in [5, 5.41) is 8.11. The van der Waals surface area contributed by atoms with E-state index >= 15 is 0 Å². The van der Waals surface area contributed by atoms with Crippen molar-refractivity contribution in [3.63, 3.8) is 0 Å². The molecular formula is C22H27N5O5. The smallest absolute Gasteiger partial charge is 0.409 e. The number of carbonyl (C=O) groups excluding carboxylic acids is 2. The Hall–Kier alpha value is -3.69. The number of aromatic nitrogens is 3. The number of nitrogens with zero attached hydrogens (tertiary/aromatic N) is 4. The van der Waals surface area contributed by atoms with Gasteiger partial charge in [0.15, 0.2) is 5.82 Å². The molecule has 1 aromatic heterocycles. The van der Waals surface area contributed by atoms with Crippen molar-refractivity contribution < 1.29 is 19.1 Å². The van der Waals surface area contributed by atoms with Crippen molar-refractivity contribution in [1.29, 1.82) is 0 Å². The molecule has 1 aromatic carbocycles. The van der Waals surface area contributed by atoms with Gasteiger partial charge < -0.3 is 24.3 Å². The van der Waals surface area contributed by atoms with Crippen LogP contribution in [-0.2, 0) is 16.0 Å². The number of nitrogens with one attached hydrogen (secondary N) is 1. The summed E-state index contributed by atoms with van der Waals surface area (Å²) >= 11 is 0. The highest BCUT2D eigenvalue weighted by Gasteiger charge is 2.24. The molecule has 1 saturated heterocycles. The van der Waals surface area contributed by atoms with E-state index in [1.165, 1.54) is 0 Å². The number of aromatic amines is 1. The molecule has 0 radical (unpaired) electrons. The van der Waals surface area contributed by atoms with E-state index < -0.39 is 0 Å². The highest BCUT2D eigenvalue weighted by molar-refractivity contribution is 5.77. The second-order valence-electron chi connectivity index (χ2n) is 7.14. The average molecular weight is 441 g/mol. The second kappa shape index (κ2) is 11.1. The number of piperazine rings is 1. The topological polar surface area (TPSA) is 118 Å². The van der Waals surface area contributed by atoms with Gasteiger partial charge in [-0.1, -0.05) is 12.7 Å². The van der Waals surface area contributed by atoms with E-state index in [1.54, 1.807) is 47.1 Å². The molecule has 32 heavy (non-hydrogen) atoms. The number of carbonyl (C=O) groups is 2. The van der Waals surface area contributed by atoms with Crippen molar-refractivity contribution >= 4 is 12.0 Å². The molecule has 0 saturated carbocycles. The zero-order valence-electron chi connectivity index (χ0n) is 18.1. The summed E-state index contributed by atoms with van der Waals surface area (Å²) in [5.74, 6) is 0.937. The minimum atomic E-state index is -0.373. The van der Waals surface area contributed by atoms with E-state index in [1.807, 2.05) is 0 Å². The number of aryl methyl sites for hydroxylation is 1. The number of benzene rings is 1. The van der Waals surface area contributed by atoms with Crippen LogP contribution in [0.2, 0.25) is 0 Å². The molecule has 1 fully saturated rings. The van der Waals surface area contributed by atoms with Crippen LogP contribution < -0.4 is 10.3 Å². The number of hydrogen-bond donors (Lipinski definition) is 1. The Bertz CT molecular complexity index is 997. The van der Waals surface area contributed by atoms with Crippen LogP contribution >= 0.6 is 0 Å². The molecule has 1 aliphatic heterocycles. The highest BCUT2D eigenvalue weighted by Crippen LogP contribution is 2.18. The lowest BCUT2D eigenvalue weighted by Crippen LogP contribution is -2.50. The number of rotatable bonds is 8. The van der Waals surface area contributed by atoms with Gasteiger partial charge in [0.25, 0.3) is 5.56 Å². The van der Waals surface area contributed by atoms with Gasteiger partial charge >= 0.3 is 6.09 Å². The summed E-state index contributed by atoms with van der Waals surface area (Å²) in [6.07, 6.45) is 1.63. The summed E-state index contributed by atoms with van der Waals surface area (Å²) in [6, 6.07) is 7.09. The first-order valence-electron chi connectivity index (χ1n) is 10.5. The van der Waals surface area contributed by atoms with Gasteiger partial charge in [-0.2, -0.15) is 0 Å². The van der Waals surface area contributed by atoms with Gasteiger partial charge in [0.2, 0.25) is 5.91 Å². The molecule has 0 aliphatic carbocycles. The van der Waals surface area contributed by atoms with Gasteiger partial charge in [-0.3, -0.25) is 9.59 Å².